The Bertz CT molecular complexity index is 231. The molecule has 0 heterocycles. The van der Waals surface area contributed by atoms with Crippen molar-refractivity contribution in [2.45, 2.75) is 56.7 Å². The Kier molecular flexibility index (Phi) is 4.11. The van der Waals surface area contributed by atoms with Crippen LogP contribution in [0.3, 0.4) is 0 Å². The highest BCUT2D eigenvalue weighted by molar-refractivity contribution is 6.38. The molecule has 1 rings (SSSR count). The lowest BCUT2D eigenvalue weighted by atomic mass is 10.1. The molecule has 1 aliphatic rings. The maximum absolute atomic E-state index is 11.4. The normalized spacial score (nSPS) is 17.9. The summed E-state index contributed by atoms with van der Waals surface area (Å²) >= 11 is 5.90. The molecule has 0 aromatic carbocycles. The molecule has 0 amide bonds. The Hall–Kier alpha value is -0.370. The molecule has 0 N–H and O–H groups in total. The van der Waals surface area contributed by atoms with E-state index in [2.05, 4.69) is 6.92 Å². The number of carbonyl (C=O) groups is 2. The third-order valence-corrected chi connectivity index (χ3v) is 3.19. The second-order valence-corrected chi connectivity index (χ2v) is 4.78. The van der Waals surface area contributed by atoms with Crippen molar-refractivity contribution < 1.29 is 9.59 Å². The maximum atomic E-state index is 11.4. The van der Waals surface area contributed by atoms with Crippen molar-refractivity contribution in [3.63, 3.8) is 0 Å². The maximum Gasteiger partial charge on any atom is 0.161 e. The van der Waals surface area contributed by atoms with Gasteiger partial charge >= 0.3 is 0 Å². The summed E-state index contributed by atoms with van der Waals surface area (Å²) in [5, 5.41) is 0. The van der Waals surface area contributed by atoms with E-state index in [0.717, 1.165) is 32.1 Å². The third-order valence-electron chi connectivity index (χ3n) is 2.61. The molecule has 0 atom stereocenters. The van der Waals surface area contributed by atoms with E-state index in [-0.39, 0.29) is 18.0 Å². The smallest absolute Gasteiger partial charge is 0.161 e. The van der Waals surface area contributed by atoms with Crippen molar-refractivity contribution in [3.8, 4) is 0 Å². The van der Waals surface area contributed by atoms with Crippen molar-refractivity contribution in [2.75, 3.05) is 0 Å². The van der Waals surface area contributed by atoms with Crippen molar-refractivity contribution in [1.82, 2.24) is 0 Å². The van der Waals surface area contributed by atoms with Crippen LogP contribution < -0.4 is 0 Å². The highest BCUT2D eigenvalue weighted by atomic mass is 35.5. The second kappa shape index (κ2) is 4.92. The number of ketones is 2. The van der Waals surface area contributed by atoms with Gasteiger partial charge < -0.3 is 0 Å². The first-order chi connectivity index (χ1) is 6.58. The second-order valence-electron chi connectivity index (χ2n) is 4.06. The Morgan fingerprint density at radius 1 is 1.29 bits per heavy atom. The number of alkyl halides is 1. The molecule has 0 saturated heterocycles. The van der Waals surface area contributed by atoms with E-state index in [1.165, 1.54) is 0 Å². The summed E-state index contributed by atoms with van der Waals surface area (Å²) in [6.45, 7) is 2.09. The predicted octanol–water partition coefficient (Wildman–Crippen LogP) is 2.87. The predicted molar refractivity (Wildman–Crippen MR) is 56.6 cm³/mol. The van der Waals surface area contributed by atoms with Crippen LogP contribution in [0.5, 0.6) is 0 Å². The van der Waals surface area contributed by atoms with Crippen molar-refractivity contribution >= 4 is 23.2 Å². The average molecular weight is 217 g/mol. The van der Waals surface area contributed by atoms with Gasteiger partial charge in [-0.1, -0.05) is 19.8 Å². The minimum absolute atomic E-state index is 0.0488. The molecule has 1 saturated carbocycles. The number of carbonyl (C=O) groups excluding carboxylic acids is 2. The summed E-state index contributed by atoms with van der Waals surface area (Å²) in [4.78, 5) is 22.1. The van der Waals surface area contributed by atoms with E-state index in [1.54, 1.807) is 0 Å². The van der Waals surface area contributed by atoms with E-state index in [1.807, 2.05) is 0 Å². The van der Waals surface area contributed by atoms with E-state index < -0.39 is 4.87 Å². The summed E-state index contributed by atoms with van der Waals surface area (Å²) in [6.07, 6.45) is 5.13. The summed E-state index contributed by atoms with van der Waals surface area (Å²) in [5.41, 5.74) is 0. The fourth-order valence-electron chi connectivity index (χ4n) is 1.39. The molecule has 1 fully saturated rings. The van der Waals surface area contributed by atoms with Crippen LogP contribution in [-0.4, -0.2) is 16.4 Å². The van der Waals surface area contributed by atoms with Crippen molar-refractivity contribution in [2.24, 2.45) is 0 Å². The topological polar surface area (TPSA) is 34.1 Å². The lowest BCUT2D eigenvalue weighted by Gasteiger charge is -2.03. The Morgan fingerprint density at radius 3 is 2.43 bits per heavy atom. The van der Waals surface area contributed by atoms with Gasteiger partial charge in [-0.05, 0) is 19.3 Å². The third kappa shape index (κ3) is 3.41. The molecule has 0 bridgehead atoms. The van der Waals surface area contributed by atoms with E-state index in [9.17, 15) is 9.59 Å². The number of hydrogen-bond donors (Lipinski definition) is 0. The van der Waals surface area contributed by atoms with Crippen LogP contribution in [0.1, 0.15) is 51.9 Å². The van der Waals surface area contributed by atoms with E-state index >= 15 is 0 Å². The fraction of sp³-hybridized carbons (Fsp3) is 0.818. The molecule has 2 nitrogen and oxygen atoms in total. The van der Waals surface area contributed by atoms with Gasteiger partial charge in [0, 0.05) is 6.42 Å². The zero-order valence-corrected chi connectivity index (χ0v) is 9.40. The molecule has 0 aliphatic heterocycles. The van der Waals surface area contributed by atoms with Crippen LogP contribution in [-0.2, 0) is 9.59 Å². The van der Waals surface area contributed by atoms with Crippen LogP contribution in [0.2, 0.25) is 0 Å². The van der Waals surface area contributed by atoms with E-state index in [0.29, 0.717) is 6.42 Å². The minimum atomic E-state index is -0.652. The molecule has 0 aromatic heterocycles. The molecular formula is C11H17ClO2. The van der Waals surface area contributed by atoms with Gasteiger partial charge in [0.15, 0.2) is 5.78 Å². The highest BCUT2D eigenvalue weighted by Crippen LogP contribution is 2.44. The number of halogens is 1. The first-order valence-electron chi connectivity index (χ1n) is 5.32. The van der Waals surface area contributed by atoms with Crippen molar-refractivity contribution in [1.29, 1.82) is 0 Å². The lowest BCUT2D eigenvalue weighted by molar-refractivity contribution is -0.127. The number of unbranched alkanes of at least 4 members (excludes halogenated alkanes) is 2. The summed E-state index contributed by atoms with van der Waals surface area (Å²) in [6, 6.07) is 0. The van der Waals surface area contributed by atoms with Gasteiger partial charge in [0.1, 0.15) is 10.7 Å². The Balaban J connectivity index is 2.17. The molecule has 14 heavy (non-hydrogen) atoms. The fourth-order valence-corrected chi connectivity index (χ4v) is 1.55. The standard InChI is InChI=1S/C11H17ClO2/c1-2-3-4-5-9(13)8-10(14)11(12)6-7-11/h2-8H2,1H3. The molecule has 1 aliphatic carbocycles. The molecule has 80 valence electrons. The summed E-state index contributed by atoms with van der Waals surface area (Å²) in [7, 11) is 0. The van der Waals surface area contributed by atoms with Crippen LogP contribution in [0, 0.1) is 0 Å². The minimum Gasteiger partial charge on any atom is -0.299 e. The van der Waals surface area contributed by atoms with Crippen LogP contribution in [0.15, 0.2) is 0 Å². The van der Waals surface area contributed by atoms with Gasteiger partial charge in [0.2, 0.25) is 0 Å². The first-order valence-corrected chi connectivity index (χ1v) is 5.70. The van der Waals surface area contributed by atoms with Gasteiger partial charge in [-0.25, -0.2) is 0 Å². The highest BCUT2D eigenvalue weighted by Gasteiger charge is 2.47. The zero-order valence-electron chi connectivity index (χ0n) is 8.64. The quantitative estimate of drug-likeness (QED) is 0.373. The molecule has 0 aromatic rings. The van der Waals surface area contributed by atoms with Crippen LogP contribution >= 0.6 is 11.6 Å². The lowest BCUT2D eigenvalue weighted by Crippen LogP contribution is -2.19. The van der Waals surface area contributed by atoms with Gasteiger partial charge in [-0.15, -0.1) is 11.6 Å². The van der Waals surface area contributed by atoms with E-state index in [4.69, 9.17) is 11.6 Å². The summed E-state index contributed by atoms with van der Waals surface area (Å²) in [5.74, 6) is -0.0176. The molecule has 0 spiro atoms. The largest absolute Gasteiger partial charge is 0.299 e. The van der Waals surface area contributed by atoms with Gasteiger partial charge in [-0.3, -0.25) is 9.59 Å². The molecule has 0 radical (unpaired) electrons. The Morgan fingerprint density at radius 2 is 1.93 bits per heavy atom. The molecule has 0 unspecified atom stereocenters. The SMILES string of the molecule is CCCCCC(=O)CC(=O)C1(Cl)CC1. The number of Topliss-reactive ketones (excluding diaryl/α,β-unsaturated/α-hetero) is 2. The van der Waals surface area contributed by atoms with Crippen LogP contribution in [0.4, 0.5) is 0 Å². The first kappa shape index (κ1) is 11.7. The van der Waals surface area contributed by atoms with Crippen LogP contribution in [0.25, 0.3) is 0 Å². The Labute approximate surface area is 90.0 Å². The number of rotatable bonds is 7. The van der Waals surface area contributed by atoms with Gasteiger partial charge in [0.05, 0.1) is 6.42 Å². The number of hydrogen-bond acceptors (Lipinski definition) is 2. The molecule has 3 heteroatoms. The summed E-state index contributed by atoms with van der Waals surface area (Å²) < 4.78 is 0. The molecular weight excluding hydrogens is 200 g/mol. The van der Waals surface area contributed by atoms with Gasteiger partial charge in [-0.2, -0.15) is 0 Å². The van der Waals surface area contributed by atoms with Crippen molar-refractivity contribution in [3.05, 3.63) is 0 Å². The average Bonchev–Trinajstić information content (AvgIpc) is 2.85. The zero-order chi connectivity index (χ0) is 10.6. The van der Waals surface area contributed by atoms with Gasteiger partial charge in [0.25, 0.3) is 0 Å². The monoisotopic (exact) mass is 216 g/mol.